The van der Waals surface area contributed by atoms with Crippen LogP contribution in [0.2, 0.25) is 0 Å². The lowest BCUT2D eigenvalue weighted by molar-refractivity contribution is -0.135. The fourth-order valence-electron chi connectivity index (χ4n) is 3.20. The molecule has 0 aromatic heterocycles. The van der Waals surface area contributed by atoms with Gasteiger partial charge in [-0.15, -0.1) is 0 Å². The first-order valence-electron chi connectivity index (χ1n) is 7.72. The Kier molecular flexibility index (Phi) is 5.75. The van der Waals surface area contributed by atoms with Gasteiger partial charge in [-0.25, -0.2) is 0 Å². The molecule has 0 radical (unpaired) electrons. The molecule has 2 rings (SSSR count). The van der Waals surface area contributed by atoms with Crippen LogP contribution >= 0.6 is 11.8 Å². The highest BCUT2D eigenvalue weighted by Gasteiger charge is 2.36. The summed E-state index contributed by atoms with van der Waals surface area (Å²) in [5.74, 6) is 0.516. The number of hydrogen-bond acceptors (Lipinski definition) is 3. The summed E-state index contributed by atoms with van der Waals surface area (Å²) >= 11 is 1.77. The van der Waals surface area contributed by atoms with Crippen molar-refractivity contribution in [2.45, 2.75) is 56.7 Å². The van der Waals surface area contributed by atoms with Crippen LogP contribution in [-0.4, -0.2) is 47.4 Å². The average molecular weight is 298 g/mol. The maximum atomic E-state index is 12.7. The molecule has 2 aliphatic rings. The molecule has 1 aliphatic heterocycles. The number of amides is 2. The number of carbonyl (C=O) groups is 2. The SMILES string of the molecule is CSC(C)CN1CCC(=O)NC(C2CCCCC2)C1=O. The molecule has 1 saturated carbocycles. The number of carbonyl (C=O) groups excluding carboxylic acids is 2. The molecule has 2 fully saturated rings. The summed E-state index contributed by atoms with van der Waals surface area (Å²) in [5.41, 5.74) is 0. The molecule has 20 heavy (non-hydrogen) atoms. The van der Waals surface area contributed by atoms with Crippen molar-refractivity contribution in [3.8, 4) is 0 Å². The maximum absolute atomic E-state index is 12.7. The quantitative estimate of drug-likeness (QED) is 0.864. The number of hydrogen-bond donors (Lipinski definition) is 1. The lowest BCUT2D eigenvalue weighted by Gasteiger charge is -2.32. The Hall–Kier alpha value is -0.710. The van der Waals surface area contributed by atoms with E-state index < -0.39 is 0 Å². The number of nitrogens with one attached hydrogen (secondary N) is 1. The smallest absolute Gasteiger partial charge is 0.245 e. The third kappa shape index (κ3) is 3.90. The summed E-state index contributed by atoms with van der Waals surface area (Å²) in [7, 11) is 0. The second kappa shape index (κ2) is 7.34. The van der Waals surface area contributed by atoms with E-state index in [1.54, 1.807) is 11.8 Å². The van der Waals surface area contributed by atoms with E-state index in [-0.39, 0.29) is 17.9 Å². The Morgan fingerprint density at radius 1 is 1.30 bits per heavy atom. The van der Waals surface area contributed by atoms with Crippen molar-refractivity contribution in [1.29, 1.82) is 0 Å². The molecule has 1 N–H and O–H groups in total. The minimum atomic E-state index is -0.278. The van der Waals surface area contributed by atoms with E-state index in [9.17, 15) is 9.59 Å². The third-order valence-electron chi connectivity index (χ3n) is 4.50. The predicted octanol–water partition coefficient (Wildman–Crippen LogP) is 2.04. The molecule has 1 heterocycles. The molecule has 0 aromatic rings. The number of nitrogens with zero attached hydrogens (tertiary/aromatic N) is 1. The standard InChI is InChI=1S/C15H26N2O2S/c1-11(20-2)10-17-9-8-13(18)16-14(15(17)19)12-6-4-3-5-7-12/h11-12,14H,3-10H2,1-2H3,(H,16,18). The van der Waals surface area contributed by atoms with Crippen molar-refractivity contribution in [3.63, 3.8) is 0 Å². The molecular formula is C15H26N2O2S. The van der Waals surface area contributed by atoms with Gasteiger partial charge in [0.2, 0.25) is 11.8 Å². The van der Waals surface area contributed by atoms with Gasteiger partial charge in [-0.2, -0.15) is 11.8 Å². The number of rotatable bonds is 4. The second-order valence-corrected chi connectivity index (χ2v) is 7.30. The van der Waals surface area contributed by atoms with Crippen LogP contribution in [0.1, 0.15) is 45.4 Å². The molecule has 1 saturated heterocycles. The first-order valence-corrected chi connectivity index (χ1v) is 9.01. The molecule has 2 unspecified atom stereocenters. The van der Waals surface area contributed by atoms with E-state index in [1.807, 2.05) is 4.90 Å². The van der Waals surface area contributed by atoms with Crippen molar-refractivity contribution < 1.29 is 9.59 Å². The van der Waals surface area contributed by atoms with Crippen LogP contribution in [0, 0.1) is 5.92 Å². The highest BCUT2D eigenvalue weighted by atomic mass is 32.2. The van der Waals surface area contributed by atoms with E-state index in [0.717, 1.165) is 19.4 Å². The molecule has 2 amide bonds. The Balaban J connectivity index is 2.07. The minimum absolute atomic E-state index is 0.0354. The van der Waals surface area contributed by atoms with Crippen molar-refractivity contribution in [2.24, 2.45) is 5.92 Å². The highest BCUT2D eigenvalue weighted by Crippen LogP contribution is 2.28. The Morgan fingerprint density at radius 2 is 2.00 bits per heavy atom. The Bertz CT molecular complexity index is 356. The summed E-state index contributed by atoms with van der Waals surface area (Å²) in [4.78, 5) is 26.5. The zero-order valence-electron chi connectivity index (χ0n) is 12.6. The van der Waals surface area contributed by atoms with E-state index in [1.165, 1.54) is 19.3 Å². The van der Waals surface area contributed by atoms with E-state index in [4.69, 9.17) is 0 Å². The van der Waals surface area contributed by atoms with Crippen LogP contribution in [0.3, 0.4) is 0 Å². The van der Waals surface area contributed by atoms with Gasteiger partial charge in [0.1, 0.15) is 6.04 Å². The summed E-state index contributed by atoms with van der Waals surface area (Å²) in [6.07, 6.45) is 8.28. The van der Waals surface area contributed by atoms with Gasteiger partial charge in [-0.05, 0) is 25.0 Å². The first kappa shape index (κ1) is 15.7. The third-order valence-corrected chi connectivity index (χ3v) is 5.46. The summed E-state index contributed by atoms with van der Waals surface area (Å²) in [6.45, 7) is 3.45. The van der Waals surface area contributed by atoms with Crippen molar-refractivity contribution in [1.82, 2.24) is 10.2 Å². The summed E-state index contributed by atoms with van der Waals surface area (Å²) < 4.78 is 0. The van der Waals surface area contributed by atoms with Crippen LogP contribution < -0.4 is 5.32 Å². The zero-order valence-corrected chi connectivity index (χ0v) is 13.4. The molecule has 0 aromatic carbocycles. The molecule has 0 bridgehead atoms. The first-order chi connectivity index (χ1) is 9.61. The van der Waals surface area contributed by atoms with Gasteiger partial charge in [0, 0.05) is 24.8 Å². The number of thioether (sulfide) groups is 1. The van der Waals surface area contributed by atoms with Crippen LogP contribution in [0.4, 0.5) is 0 Å². The average Bonchev–Trinajstić information content (AvgIpc) is 2.61. The fourth-order valence-corrected chi connectivity index (χ4v) is 3.53. The molecule has 114 valence electrons. The highest BCUT2D eigenvalue weighted by molar-refractivity contribution is 7.99. The maximum Gasteiger partial charge on any atom is 0.245 e. The topological polar surface area (TPSA) is 49.4 Å². The summed E-state index contributed by atoms with van der Waals surface area (Å²) in [5, 5.41) is 3.40. The van der Waals surface area contributed by atoms with Crippen molar-refractivity contribution in [2.75, 3.05) is 19.3 Å². The van der Waals surface area contributed by atoms with E-state index in [2.05, 4.69) is 18.5 Å². The van der Waals surface area contributed by atoms with Gasteiger partial charge < -0.3 is 10.2 Å². The largest absolute Gasteiger partial charge is 0.344 e. The second-order valence-electron chi connectivity index (χ2n) is 6.02. The summed E-state index contributed by atoms with van der Waals surface area (Å²) in [6, 6.07) is -0.278. The normalized spacial score (nSPS) is 27.1. The molecular weight excluding hydrogens is 272 g/mol. The zero-order chi connectivity index (χ0) is 14.5. The van der Waals surface area contributed by atoms with Crippen LogP contribution in [0.5, 0.6) is 0 Å². The van der Waals surface area contributed by atoms with Crippen LogP contribution in [-0.2, 0) is 9.59 Å². The van der Waals surface area contributed by atoms with Crippen LogP contribution in [0.15, 0.2) is 0 Å². The van der Waals surface area contributed by atoms with Gasteiger partial charge in [0.25, 0.3) is 0 Å². The Labute approximate surface area is 126 Å². The molecule has 4 nitrogen and oxygen atoms in total. The van der Waals surface area contributed by atoms with Gasteiger partial charge in [-0.3, -0.25) is 9.59 Å². The lowest BCUT2D eigenvalue weighted by Crippen LogP contribution is -2.50. The molecule has 1 aliphatic carbocycles. The van der Waals surface area contributed by atoms with Crippen molar-refractivity contribution in [3.05, 3.63) is 0 Å². The minimum Gasteiger partial charge on any atom is -0.344 e. The van der Waals surface area contributed by atoms with E-state index >= 15 is 0 Å². The Morgan fingerprint density at radius 3 is 2.65 bits per heavy atom. The van der Waals surface area contributed by atoms with E-state index in [0.29, 0.717) is 24.1 Å². The van der Waals surface area contributed by atoms with Gasteiger partial charge >= 0.3 is 0 Å². The predicted molar refractivity (Wildman–Crippen MR) is 82.7 cm³/mol. The lowest BCUT2D eigenvalue weighted by atomic mass is 9.83. The van der Waals surface area contributed by atoms with Crippen LogP contribution in [0.25, 0.3) is 0 Å². The molecule has 2 atom stereocenters. The van der Waals surface area contributed by atoms with Gasteiger partial charge in [0.15, 0.2) is 0 Å². The van der Waals surface area contributed by atoms with Gasteiger partial charge in [-0.1, -0.05) is 26.2 Å². The van der Waals surface area contributed by atoms with Crippen molar-refractivity contribution >= 4 is 23.6 Å². The fraction of sp³-hybridized carbons (Fsp3) is 0.867. The van der Waals surface area contributed by atoms with Gasteiger partial charge in [0.05, 0.1) is 0 Å². The molecule has 5 heteroatoms. The monoisotopic (exact) mass is 298 g/mol. The molecule has 0 spiro atoms.